The summed E-state index contributed by atoms with van der Waals surface area (Å²) in [7, 11) is 0. The molecule has 21 heavy (non-hydrogen) atoms. The number of benzene rings is 1. The summed E-state index contributed by atoms with van der Waals surface area (Å²) in [5, 5.41) is 22.4. The van der Waals surface area contributed by atoms with Gasteiger partial charge in [0.25, 0.3) is 11.6 Å². The van der Waals surface area contributed by atoms with Crippen LogP contribution in [0.1, 0.15) is 26.5 Å². The van der Waals surface area contributed by atoms with E-state index in [1.165, 1.54) is 12.3 Å². The van der Waals surface area contributed by atoms with Crippen LogP contribution < -0.4 is 5.32 Å². The molecule has 0 spiro atoms. The van der Waals surface area contributed by atoms with E-state index in [1.807, 2.05) is 0 Å². The van der Waals surface area contributed by atoms with Gasteiger partial charge in [0.1, 0.15) is 11.3 Å². The number of amides is 1. The summed E-state index contributed by atoms with van der Waals surface area (Å²) in [5.74, 6) is -1.82. The molecule has 2 aromatic rings. The summed E-state index contributed by atoms with van der Waals surface area (Å²) >= 11 is 0. The number of rotatable bonds is 5. The quantitative estimate of drug-likeness (QED) is 0.639. The number of carbonyl (C=O) groups is 2. The van der Waals surface area contributed by atoms with E-state index in [0.717, 1.165) is 12.1 Å². The van der Waals surface area contributed by atoms with Crippen LogP contribution in [0.25, 0.3) is 0 Å². The molecule has 0 atom stereocenters. The van der Waals surface area contributed by atoms with Crippen molar-refractivity contribution < 1.29 is 24.0 Å². The second-order valence-electron chi connectivity index (χ2n) is 4.02. The number of nitrogens with one attached hydrogen (secondary N) is 1. The van der Waals surface area contributed by atoms with Gasteiger partial charge in [0.15, 0.2) is 0 Å². The van der Waals surface area contributed by atoms with E-state index < -0.39 is 33.6 Å². The fourth-order valence-corrected chi connectivity index (χ4v) is 1.78. The summed E-state index contributed by atoms with van der Waals surface area (Å²) in [5.41, 5.74) is -1.48. The molecule has 1 aromatic heterocycles. The SMILES string of the molecule is O=C(O)c1cccc([N+](=O)[O-])c1C(=O)NCc1ccco1. The number of nitro groups is 1. The lowest BCUT2D eigenvalue weighted by Crippen LogP contribution is -2.25. The number of carboxylic acid groups (broad SMARTS) is 1. The Hall–Kier alpha value is -3.16. The fourth-order valence-electron chi connectivity index (χ4n) is 1.78. The summed E-state index contributed by atoms with van der Waals surface area (Å²) in [6.07, 6.45) is 1.41. The van der Waals surface area contributed by atoms with Gasteiger partial charge in [-0.15, -0.1) is 0 Å². The minimum atomic E-state index is -1.41. The van der Waals surface area contributed by atoms with Crippen LogP contribution in [0.5, 0.6) is 0 Å². The molecule has 2 rings (SSSR count). The van der Waals surface area contributed by atoms with Crippen molar-refractivity contribution in [2.75, 3.05) is 0 Å². The predicted octanol–water partition coefficient (Wildman–Crippen LogP) is 1.82. The highest BCUT2D eigenvalue weighted by atomic mass is 16.6. The Bertz CT molecular complexity index is 660. The van der Waals surface area contributed by atoms with Gasteiger partial charge in [-0.1, -0.05) is 6.07 Å². The van der Waals surface area contributed by atoms with Crippen molar-refractivity contribution in [3.63, 3.8) is 0 Å². The summed E-state index contributed by atoms with van der Waals surface area (Å²) in [6.45, 7) is -0.00303. The van der Waals surface area contributed by atoms with Gasteiger partial charge in [-0.3, -0.25) is 14.9 Å². The largest absolute Gasteiger partial charge is 0.478 e. The van der Waals surface area contributed by atoms with Crippen molar-refractivity contribution >= 4 is 17.6 Å². The second-order valence-corrected chi connectivity index (χ2v) is 4.02. The molecule has 0 saturated carbocycles. The second kappa shape index (κ2) is 5.87. The number of nitro benzene ring substituents is 1. The first-order chi connectivity index (χ1) is 10.0. The third kappa shape index (κ3) is 3.06. The normalized spacial score (nSPS) is 10.1. The Kier molecular flexibility index (Phi) is 3.98. The van der Waals surface area contributed by atoms with Crippen molar-refractivity contribution in [2.45, 2.75) is 6.54 Å². The van der Waals surface area contributed by atoms with Gasteiger partial charge >= 0.3 is 5.97 Å². The van der Waals surface area contributed by atoms with Crippen LogP contribution in [0, 0.1) is 10.1 Å². The van der Waals surface area contributed by atoms with E-state index in [9.17, 15) is 19.7 Å². The van der Waals surface area contributed by atoms with E-state index in [2.05, 4.69) is 5.32 Å². The zero-order chi connectivity index (χ0) is 15.4. The van der Waals surface area contributed by atoms with E-state index in [-0.39, 0.29) is 6.54 Å². The van der Waals surface area contributed by atoms with Gasteiger partial charge in [-0.25, -0.2) is 4.79 Å². The average molecular weight is 290 g/mol. The molecule has 1 amide bonds. The van der Waals surface area contributed by atoms with Crippen LogP contribution in [0.3, 0.4) is 0 Å². The Morgan fingerprint density at radius 2 is 2.05 bits per heavy atom. The van der Waals surface area contributed by atoms with Crippen LogP contribution in [0.15, 0.2) is 41.0 Å². The maximum Gasteiger partial charge on any atom is 0.336 e. The number of nitrogens with zero attached hydrogens (tertiary/aromatic N) is 1. The van der Waals surface area contributed by atoms with E-state index in [4.69, 9.17) is 9.52 Å². The summed E-state index contributed by atoms with van der Waals surface area (Å²) in [4.78, 5) is 33.3. The van der Waals surface area contributed by atoms with Crippen LogP contribution in [-0.2, 0) is 6.54 Å². The highest BCUT2D eigenvalue weighted by Crippen LogP contribution is 2.22. The first-order valence-corrected chi connectivity index (χ1v) is 5.82. The standard InChI is InChI=1S/C13H10N2O6/c16-12(14-7-8-3-2-6-21-8)11-9(13(17)18)4-1-5-10(11)15(19)20/h1-6H,7H2,(H,14,16)(H,17,18). The third-order valence-electron chi connectivity index (χ3n) is 2.70. The molecule has 1 heterocycles. The van der Waals surface area contributed by atoms with Gasteiger partial charge in [0.2, 0.25) is 0 Å². The third-order valence-corrected chi connectivity index (χ3v) is 2.70. The molecule has 8 nitrogen and oxygen atoms in total. The molecule has 0 aliphatic rings. The molecule has 0 aliphatic carbocycles. The maximum absolute atomic E-state index is 12.1. The summed E-state index contributed by atoms with van der Waals surface area (Å²) < 4.78 is 5.01. The van der Waals surface area contributed by atoms with Gasteiger partial charge in [0, 0.05) is 6.07 Å². The maximum atomic E-state index is 12.1. The van der Waals surface area contributed by atoms with Gasteiger partial charge < -0.3 is 14.8 Å². The smallest absolute Gasteiger partial charge is 0.336 e. The van der Waals surface area contributed by atoms with E-state index >= 15 is 0 Å². The zero-order valence-corrected chi connectivity index (χ0v) is 10.6. The van der Waals surface area contributed by atoms with E-state index in [1.54, 1.807) is 12.1 Å². The molecule has 0 radical (unpaired) electrons. The monoisotopic (exact) mass is 290 g/mol. The first-order valence-electron chi connectivity index (χ1n) is 5.82. The lowest BCUT2D eigenvalue weighted by Gasteiger charge is -2.07. The molecule has 2 N–H and O–H groups in total. The van der Waals surface area contributed by atoms with Crippen LogP contribution in [0.2, 0.25) is 0 Å². The van der Waals surface area contributed by atoms with Crippen molar-refractivity contribution in [2.24, 2.45) is 0 Å². The molecule has 1 aromatic carbocycles. The van der Waals surface area contributed by atoms with E-state index in [0.29, 0.717) is 5.76 Å². The lowest BCUT2D eigenvalue weighted by molar-refractivity contribution is -0.385. The van der Waals surface area contributed by atoms with Crippen LogP contribution >= 0.6 is 0 Å². The molecule has 0 saturated heterocycles. The molecule has 108 valence electrons. The first kappa shape index (κ1) is 14.3. The van der Waals surface area contributed by atoms with Gasteiger partial charge in [0.05, 0.1) is 23.3 Å². The number of furan rings is 1. The fraction of sp³-hybridized carbons (Fsp3) is 0.0769. The number of hydrogen-bond donors (Lipinski definition) is 2. The average Bonchev–Trinajstić information content (AvgIpc) is 2.97. The molecule has 0 fully saturated rings. The van der Waals surface area contributed by atoms with Crippen LogP contribution in [0.4, 0.5) is 5.69 Å². The van der Waals surface area contributed by atoms with Gasteiger partial charge in [-0.2, -0.15) is 0 Å². The minimum Gasteiger partial charge on any atom is -0.478 e. The highest BCUT2D eigenvalue weighted by Gasteiger charge is 2.26. The Labute approximate surface area is 118 Å². The molecular weight excluding hydrogens is 280 g/mol. The lowest BCUT2D eigenvalue weighted by atomic mass is 10.0. The highest BCUT2D eigenvalue weighted by molar-refractivity contribution is 6.07. The van der Waals surface area contributed by atoms with Crippen molar-refractivity contribution in [3.8, 4) is 0 Å². The molecule has 0 aliphatic heterocycles. The predicted molar refractivity (Wildman–Crippen MR) is 69.9 cm³/mol. The molecular formula is C13H10N2O6. The number of carboxylic acids is 1. The van der Waals surface area contributed by atoms with Gasteiger partial charge in [-0.05, 0) is 18.2 Å². The number of hydrogen-bond acceptors (Lipinski definition) is 5. The van der Waals surface area contributed by atoms with Crippen molar-refractivity contribution in [1.29, 1.82) is 0 Å². The Balaban J connectivity index is 2.33. The van der Waals surface area contributed by atoms with Crippen molar-refractivity contribution in [3.05, 3.63) is 63.6 Å². The molecule has 0 bridgehead atoms. The Morgan fingerprint density at radius 3 is 2.62 bits per heavy atom. The minimum absolute atomic E-state index is 0.00303. The number of carbonyl (C=O) groups excluding carboxylic acids is 1. The topological polar surface area (TPSA) is 123 Å². The molecule has 8 heteroatoms. The summed E-state index contributed by atoms with van der Waals surface area (Å²) in [6, 6.07) is 6.66. The zero-order valence-electron chi connectivity index (χ0n) is 10.6. The Morgan fingerprint density at radius 1 is 1.29 bits per heavy atom. The molecule has 0 unspecified atom stereocenters. The number of aromatic carboxylic acids is 1. The van der Waals surface area contributed by atoms with Crippen LogP contribution in [-0.4, -0.2) is 21.9 Å². The van der Waals surface area contributed by atoms with Crippen molar-refractivity contribution in [1.82, 2.24) is 5.32 Å².